The number of anilines is 1. The maximum atomic E-state index is 6.22. The smallest absolute Gasteiger partial charge is 0.0760 e. The molecule has 0 unspecified atom stereocenters. The van der Waals surface area contributed by atoms with Gasteiger partial charge >= 0.3 is 0 Å². The van der Waals surface area contributed by atoms with Crippen molar-refractivity contribution in [1.29, 1.82) is 0 Å². The molecule has 0 saturated carbocycles. The Labute approximate surface area is 103 Å². The van der Waals surface area contributed by atoms with Gasteiger partial charge in [0.25, 0.3) is 0 Å². The molecule has 2 heteroatoms. The Balaban J connectivity index is 2.86. The second kappa shape index (κ2) is 4.36. The van der Waals surface area contributed by atoms with Crippen molar-refractivity contribution < 1.29 is 0 Å². The Kier molecular flexibility index (Phi) is 3.05. The van der Waals surface area contributed by atoms with Gasteiger partial charge in [0.15, 0.2) is 0 Å². The van der Waals surface area contributed by atoms with E-state index in [1.807, 2.05) is 0 Å². The average molecular weight is 228 g/mol. The lowest BCUT2D eigenvalue weighted by Gasteiger charge is -2.14. The molecule has 17 heavy (non-hydrogen) atoms. The Morgan fingerprint density at radius 2 is 2.00 bits per heavy atom. The second-order valence-corrected chi connectivity index (χ2v) is 4.85. The van der Waals surface area contributed by atoms with Crippen LogP contribution in [0.25, 0.3) is 10.9 Å². The van der Waals surface area contributed by atoms with Crippen molar-refractivity contribution in [1.82, 2.24) is 4.98 Å². The van der Waals surface area contributed by atoms with Crippen LogP contribution in [0.2, 0.25) is 0 Å². The number of pyridine rings is 1. The van der Waals surface area contributed by atoms with E-state index in [1.54, 1.807) is 0 Å². The topological polar surface area (TPSA) is 38.9 Å². The zero-order valence-corrected chi connectivity index (χ0v) is 11.0. The van der Waals surface area contributed by atoms with Gasteiger partial charge < -0.3 is 5.73 Å². The number of hydrogen-bond donors (Lipinski definition) is 1. The van der Waals surface area contributed by atoms with E-state index in [4.69, 9.17) is 10.7 Å². The maximum absolute atomic E-state index is 6.22. The summed E-state index contributed by atoms with van der Waals surface area (Å²) in [7, 11) is 0. The van der Waals surface area contributed by atoms with Crippen LogP contribution in [0.5, 0.6) is 0 Å². The number of nitrogens with zero attached hydrogens (tertiary/aromatic N) is 1. The lowest BCUT2D eigenvalue weighted by atomic mass is 9.97. The van der Waals surface area contributed by atoms with Gasteiger partial charge in [0.1, 0.15) is 0 Å². The summed E-state index contributed by atoms with van der Waals surface area (Å²) in [6.45, 7) is 8.57. The number of rotatable bonds is 2. The van der Waals surface area contributed by atoms with Crippen LogP contribution in [-0.2, 0) is 6.42 Å². The van der Waals surface area contributed by atoms with Gasteiger partial charge in [0, 0.05) is 16.8 Å². The van der Waals surface area contributed by atoms with Gasteiger partial charge in [-0.1, -0.05) is 39.0 Å². The molecule has 0 atom stereocenters. The molecule has 0 aliphatic carbocycles. The van der Waals surface area contributed by atoms with E-state index in [0.29, 0.717) is 5.92 Å². The minimum Gasteiger partial charge on any atom is -0.398 e. The Morgan fingerprint density at radius 1 is 1.29 bits per heavy atom. The summed E-state index contributed by atoms with van der Waals surface area (Å²) in [6.07, 6.45) is 0.929. The van der Waals surface area contributed by atoms with Gasteiger partial charge in [-0.3, -0.25) is 4.98 Å². The third-order valence-electron chi connectivity index (χ3n) is 3.40. The molecule has 0 spiro atoms. The molecule has 0 fully saturated rings. The van der Waals surface area contributed by atoms with Crippen molar-refractivity contribution in [3.8, 4) is 0 Å². The van der Waals surface area contributed by atoms with E-state index in [9.17, 15) is 0 Å². The van der Waals surface area contributed by atoms with Gasteiger partial charge in [-0.2, -0.15) is 0 Å². The van der Waals surface area contributed by atoms with Crippen molar-refractivity contribution in [2.75, 3.05) is 5.73 Å². The fourth-order valence-corrected chi connectivity index (χ4v) is 2.29. The molecule has 0 saturated heterocycles. The van der Waals surface area contributed by atoms with E-state index in [2.05, 4.69) is 45.9 Å². The lowest BCUT2D eigenvalue weighted by molar-refractivity contribution is 0.870. The molecule has 2 nitrogen and oxygen atoms in total. The van der Waals surface area contributed by atoms with Gasteiger partial charge in [-0.05, 0) is 30.4 Å². The molecule has 0 aliphatic rings. The highest BCUT2D eigenvalue weighted by Gasteiger charge is 2.12. The largest absolute Gasteiger partial charge is 0.398 e. The third kappa shape index (κ3) is 1.88. The van der Waals surface area contributed by atoms with Gasteiger partial charge in [0.2, 0.25) is 0 Å². The molecule has 0 radical (unpaired) electrons. The molecule has 2 aromatic rings. The highest BCUT2D eigenvalue weighted by atomic mass is 14.7. The van der Waals surface area contributed by atoms with Crippen LogP contribution in [0.3, 0.4) is 0 Å². The minimum absolute atomic E-state index is 0.470. The predicted octanol–water partition coefficient (Wildman–Crippen LogP) is 3.81. The molecule has 90 valence electrons. The SMILES string of the molecule is CCc1nc2c(C(C)C)cccc2c(N)c1C. The quantitative estimate of drug-likeness (QED) is 0.848. The zero-order valence-electron chi connectivity index (χ0n) is 11.0. The Bertz CT molecular complexity index is 556. The van der Waals surface area contributed by atoms with Gasteiger partial charge in [0.05, 0.1) is 5.52 Å². The number of nitrogen functional groups attached to an aromatic ring is 1. The van der Waals surface area contributed by atoms with Crippen LogP contribution in [0.15, 0.2) is 18.2 Å². The summed E-state index contributed by atoms with van der Waals surface area (Å²) in [6, 6.07) is 6.28. The number of benzene rings is 1. The molecule has 0 amide bonds. The third-order valence-corrected chi connectivity index (χ3v) is 3.40. The number of aromatic nitrogens is 1. The minimum atomic E-state index is 0.470. The highest BCUT2D eigenvalue weighted by molar-refractivity contribution is 5.94. The summed E-state index contributed by atoms with van der Waals surface area (Å²) < 4.78 is 0. The van der Waals surface area contributed by atoms with E-state index in [0.717, 1.165) is 34.3 Å². The number of para-hydroxylation sites is 1. The monoisotopic (exact) mass is 228 g/mol. The summed E-state index contributed by atoms with van der Waals surface area (Å²) in [5.41, 5.74) is 11.7. The first kappa shape index (κ1) is 11.9. The normalized spacial score (nSPS) is 11.4. The highest BCUT2D eigenvalue weighted by Crippen LogP contribution is 2.30. The molecule has 1 aromatic carbocycles. The van der Waals surface area contributed by atoms with Crippen LogP contribution in [0.1, 0.15) is 43.5 Å². The van der Waals surface area contributed by atoms with Crippen molar-refractivity contribution in [3.63, 3.8) is 0 Å². The van der Waals surface area contributed by atoms with Crippen LogP contribution < -0.4 is 5.73 Å². The first-order valence-corrected chi connectivity index (χ1v) is 6.23. The molecule has 2 N–H and O–H groups in total. The summed E-state index contributed by atoms with van der Waals surface area (Å²) in [4.78, 5) is 4.80. The van der Waals surface area contributed by atoms with Crippen molar-refractivity contribution in [3.05, 3.63) is 35.0 Å². The molecular weight excluding hydrogens is 208 g/mol. The molecule has 1 heterocycles. The number of hydrogen-bond acceptors (Lipinski definition) is 2. The molecule has 1 aromatic heterocycles. The van der Waals surface area contributed by atoms with Crippen molar-refractivity contribution in [2.24, 2.45) is 0 Å². The number of fused-ring (bicyclic) bond motifs is 1. The standard InChI is InChI=1S/C15H20N2/c1-5-13-10(4)14(16)12-8-6-7-11(9(2)3)15(12)17-13/h6-9H,5H2,1-4H3,(H2,16,17). The van der Waals surface area contributed by atoms with Crippen LogP contribution in [0, 0.1) is 6.92 Å². The van der Waals surface area contributed by atoms with Crippen LogP contribution >= 0.6 is 0 Å². The van der Waals surface area contributed by atoms with Gasteiger partial charge in [-0.25, -0.2) is 0 Å². The molecule has 2 rings (SSSR count). The average Bonchev–Trinajstić information content (AvgIpc) is 2.32. The summed E-state index contributed by atoms with van der Waals surface area (Å²) in [5.74, 6) is 0.470. The first-order chi connectivity index (χ1) is 8.06. The first-order valence-electron chi connectivity index (χ1n) is 6.23. The van der Waals surface area contributed by atoms with E-state index >= 15 is 0 Å². The van der Waals surface area contributed by atoms with E-state index in [1.165, 1.54) is 5.56 Å². The maximum Gasteiger partial charge on any atom is 0.0760 e. The predicted molar refractivity (Wildman–Crippen MR) is 74.4 cm³/mol. The number of aryl methyl sites for hydroxylation is 1. The van der Waals surface area contributed by atoms with Crippen molar-refractivity contribution in [2.45, 2.75) is 40.0 Å². The molecular formula is C15H20N2. The van der Waals surface area contributed by atoms with Crippen LogP contribution in [0.4, 0.5) is 5.69 Å². The fourth-order valence-electron chi connectivity index (χ4n) is 2.29. The second-order valence-electron chi connectivity index (χ2n) is 4.85. The number of nitrogens with two attached hydrogens (primary N) is 1. The van der Waals surface area contributed by atoms with Gasteiger partial charge in [-0.15, -0.1) is 0 Å². The van der Waals surface area contributed by atoms with Crippen LogP contribution in [-0.4, -0.2) is 4.98 Å². The summed E-state index contributed by atoms with van der Waals surface area (Å²) >= 11 is 0. The van der Waals surface area contributed by atoms with Crippen molar-refractivity contribution >= 4 is 16.6 Å². The molecule has 0 bridgehead atoms. The zero-order chi connectivity index (χ0) is 12.6. The van der Waals surface area contributed by atoms with E-state index in [-0.39, 0.29) is 0 Å². The fraction of sp³-hybridized carbons (Fsp3) is 0.400. The Morgan fingerprint density at radius 3 is 2.59 bits per heavy atom. The van der Waals surface area contributed by atoms with E-state index < -0.39 is 0 Å². The lowest BCUT2D eigenvalue weighted by Crippen LogP contribution is -2.02. The molecule has 0 aliphatic heterocycles. The Hall–Kier alpha value is -1.57. The summed E-state index contributed by atoms with van der Waals surface area (Å²) in [5, 5.41) is 1.09.